The molecule has 0 radical (unpaired) electrons. The van der Waals surface area contributed by atoms with Crippen LogP contribution in [0, 0.1) is 11.6 Å². The number of halogens is 2. The average molecular weight is 456 g/mol. The fourth-order valence-corrected chi connectivity index (χ4v) is 6.23. The number of carbonyl (C=O) groups is 2. The molecule has 1 atom stereocenters. The lowest BCUT2D eigenvalue weighted by Crippen LogP contribution is -2.40. The molecule has 1 saturated heterocycles. The molecule has 0 saturated carbocycles. The third kappa shape index (κ3) is 3.60. The molecule has 5 nitrogen and oxygen atoms in total. The van der Waals surface area contributed by atoms with Crippen LogP contribution in [-0.2, 0) is 20.9 Å². The van der Waals surface area contributed by atoms with Crippen molar-refractivity contribution in [1.82, 2.24) is 9.91 Å². The van der Waals surface area contributed by atoms with Crippen LogP contribution in [0.25, 0.3) is 0 Å². The van der Waals surface area contributed by atoms with Gasteiger partial charge in [0.1, 0.15) is 21.5 Å². The van der Waals surface area contributed by atoms with Crippen molar-refractivity contribution in [3.8, 4) is 0 Å². The SMILES string of the molecule is O=C1CCCN1CCCC(=O)N1N=C(c2cc(F)ccc2F)SC12CCc1ccccc12. The van der Waals surface area contributed by atoms with Gasteiger partial charge in [0, 0.05) is 31.5 Å². The molecule has 32 heavy (non-hydrogen) atoms. The summed E-state index contributed by atoms with van der Waals surface area (Å²) >= 11 is 1.32. The van der Waals surface area contributed by atoms with E-state index in [4.69, 9.17) is 0 Å². The molecule has 2 heterocycles. The van der Waals surface area contributed by atoms with Crippen LogP contribution in [0.1, 0.15) is 48.8 Å². The van der Waals surface area contributed by atoms with Gasteiger partial charge in [0.25, 0.3) is 0 Å². The molecule has 2 aromatic rings. The Kier molecular flexibility index (Phi) is 5.49. The van der Waals surface area contributed by atoms with E-state index in [1.165, 1.54) is 16.8 Å². The quantitative estimate of drug-likeness (QED) is 0.672. The zero-order valence-electron chi connectivity index (χ0n) is 17.5. The summed E-state index contributed by atoms with van der Waals surface area (Å²) in [6.45, 7) is 1.29. The van der Waals surface area contributed by atoms with E-state index in [2.05, 4.69) is 5.10 Å². The number of amides is 2. The minimum Gasteiger partial charge on any atom is -0.343 e. The molecule has 5 rings (SSSR count). The number of nitrogens with zero attached hydrogens (tertiary/aromatic N) is 3. The van der Waals surface area contributed by atoms with Crippen LogP contribution in [0.5, 0.6) is 0 Å². The van der Waals surface area contributed by atoms with Crippen LogP contribution >= 0.6 is 11.8 Å². The van der Waals surface area contributed by atoms with Gasteiger partial charge in [0.15, 0.2) is 0 Å². The molecule has 0 N–H and O–H groups in total. The molecular formula is C24H23F2N3O2S. The third-order valence-corrected chi connectivity index (χ3v) is 7.78. The van der Waals surface area contributed by atoms with Crippen molar-refractivity contribution < 1.29 is 18.4 Å². The van der Waals surface area contributed by atoms with Gasteiger partial charge in [-0.15, -0.1) is 0 Å². The lowest BCUT2D eigenvalue weighted by Gasteiger charge is -2.32. The summed E-state index contributed by atoms with van der Waals surface area (Å²) in [4.78, 5) is 26.2. The van der Waals surface area contributed by atoms with Crippen LogP contribution in [0.15, 0.2) is 47.6 Å². The maximum absolute atomic E-state index is 14.5. The Labute approximate surface area is 189 Å². The first-order valence-electron chi connectivity index (χ1n) is 10.9. The van der Waals surface area contributed by atoms with Crippen molar-refractivity contribution in [2.45, 2.75) is 43.4 Å². The van der Waals surface area contributed by atoms with Gasteiger partial charge in [-0.05, 0) is 55.0 Å². The fourth-order valence-electron chi connectivity index (χ4n) is 4.77. The minimum atomic E-state index is -0.759. The van der Waals surface area contributed by atoms with Gasteiger partial charge in [-0.2, -0.15) is 5.10 Å². The van der Waals surface area contributed by atoms with Crippen LogP contribution in [0.4, 0.5) is 8.78 Å². The van der Waals surface area contributed by atoms with Gasteiger partial charge in [-0.1, -0.05) is 36.0 Å². The van der Waals surface area contributed by atoms with E-state index >= 15 is 0 Å². The second-order valence-corrected chi connectivity index (χ2v) is 9.63. The molecule has 1 aliphatic carbocycles. The highest BCUT2D eigenvalue weighted by Crippen LogP contribution is 2.55. The maximum Gasteiger partial charge on any atom is 0.244 e. The fraction of sp³-hybridized carbons (Fsp3) is 0.375. The molecule has 1 fully saturated rings. The average Bonchev–Trinajstić information content (AvgIpc) is 3.49. The Morgan fingerprint density at radius 2 is 2.00 bits per heavy atom. The van der Waals surface area contributed by atoms with Crippen LogP contribution in [0.3, 0.4) is 0 Å². The summed E-state index contributed by atoms with van der Waals surface area (Å²) in [6, 6.07) is 11.2. The van der Waals surface area contributed by atoms with Crippen molar-refractivity contribution in [3.05, 3.63) is 70.8 Å². The molecule has 1 spiro atoms. The van der Waals surface area contributed by atoms with Crippen molar-refractivity contribution >= 4 is 28.6 Å². The number of benzene rings is 2. The Morgan fingerprint density at radius 1 is 1.16 bits per heavy atom. The third-order valence-electron chi connectivity index (χ3n) is 6.36. The predicted molar refractivity (Wildman–Crippen MR) is 119 cm³/mol. The predicted octanol–water partition coefficient (Wildman–Crippen LogP) is 4.40. The van der Waals surface area contributed by atoms with E-state index in [9.17, 15) is 18.4 Å². The number of hydrazone groups is 1. The van der Waals surface area contributed by atoms with Crippen molar-refractivity contribution in [2.24, 2.45) is 5.10 Å². The molecule has 0 aromatic heterocycles. The first-order chi connectivity index (χ1) is 15.5. The molecule has 8 heteroatoms. The Morgan fingerprint density at radius 3 is 2.81 bits per heavy atom. The van der Waals surface area contributed by atoms with E-state index < -0.39 is 16.5 Å². The topological polar surface area (TPSA) is 53.0 Å². The summed E-state index contributed by atoms with van der Waals surface area (Å²) < 4.78 is 28.4. The zero-order chi connectivity index (χ0) is 22.3. The smallest absolute Gasteiger partial charge is 0.244 e. The second kappa shape index (κ2) is 8.31. The number of aryl methyl sites for hydroxylation is 1. The highest BCUT2D eigenvalue weighted by molar-refractivity contribution is 8.15. The first-order valence-corrected chi connectivity index (χ1v) is 11.7. The zero-order valence-corrected chi connectivity index (χ0v) is 18.3. The lowest BCUT2D eigenvalue weighted by atomic mass is 10.1. The van der Waals surface area contributed by atoms with Crippen molar-refractivity contribution in [1.29, 1.82) is 0 Å². The summed E-state index contributed by atoms with van der Waals surface area (Å²) in [5, 5.41) is 6.32. The Hall–Kier alpha value is -2.74. The number of rotatable bonds is 5. The lowest BCUT2D eigenvalue weighted by molar-refractivity contribution is -0.135. The van der Waals surface area contributed by atoms with Crippen LogP contribution in [-0.4, -0.2) is 39.9 Å². The highest BCUT2D eigenvalue weighted by atomic mass is 32.2. The number of hydrogen-bond donors (Lipinski definition) is 0. The molecular weight excluding hydrogens is 432 g/mol. The monoisotopic (exact) mass is 455 g/mol. The number of fused-ring (bicyclic) bond motifs is 2. The van der Waals surface area contributed by atoms with Crippen LogP contribution in [0.2, 0.25) is 0 Å². The second-order valence-electron chi connectivity index (χ2n) is 8.37. The standard InChI is InChI=1S/C24H23F2N3O2S/c25-17-9-10-20(26)18(15-17)23-27-29(22(31)8-4-14-28-13-3-7-21(28)30)24(32-23)12-11-16-5-1-2-6-19(16)24/h1-2,5-6,9-10,15H,3-4,7-8,11-14H2. The highest BCUT2D eigenvalue weighted by Gasteiger charge is 2.52. The van der Waals surface area contributed by atoms with E-state index in [0.29, 0.717) is 30.9 Å². The van der Waals surface area contributed by atoms with Crippen LogP contribution < -0.4 is 0 Å². The molecule has 2 amide bonds. The number of carbonyl (C=O) groups excluding carboxylic acids is 2. The normalized spacial score (nSPS) is 22.1. The molecule has 166 valence electrons. The molecule has 3 aliphatic rings. The molecule has 2 aromatic carbocycles. The minimum absolute atomic E-state index is 0.0664. The van der Waals surface area contributed by atoms with E-state index in [0.717, 1.165) is 48.7 Å². The molecule has 2 aliphatic heterocycles. The van der Waals surface area contributed by atoms with Gasteiger partial charge in [-0.3, -0.25) is 9.59 Å². The van der Waals surface area contributed by atoms with E-state index in [1.54, 1.807) is 4.90 Å². The van der Waals surface area contributed by atoms with Gasteiger partial charge < -0.3 is 4.90 Å². The van der Waals surface area contributed by atoms with Gasteiger partial charge in [0.2, 0.25) is 11.8 Å². The van der Waals surface area contributed by atoms with Gasteiger partial charge in [0.05, 0.1) is 0 Å². The molecule has 0 bridgehead atoms. The van der Waals surface area contributed by atoms with Crippen molar-refractivity contribution in [3.63, 3.8) is 0 Å². The summed E-state index contributed by atoms with van der Waals surface area (Å²) in [5.41, 5.74) is 2.19. The number of thioether (sulfide) groups is 1. The van der Waals surface area contributed by atoms with E-state index in [1.807, 2.05) is 24.3 Å². The Balaban J connectivity index is 1.44. The maximum atomic E-state index is 14.5. The summed E-state index contributed by atoms with van der Waals surface area (Å²) in [7, 11) is 0. The van der Waals surface area contributed by atoms with Gasteiger partial charge >= 0.3 is 0 Å². The van der Waals surface area contributed by atoms with Gasteiger partial charge in [-0.25, -0.2) is 13.8 Å². The number of hydrogen-bond acceptors (Lipinski definition) is 4. The van der Waals surface area contributed by atoms with Crippen molar-refractivity contribution in [2.75, 3.05) is 13.1 Å². The summed E-state index contributed by atoms with van der Waals surface area (Å²) in [5.74, 6) is -1.16. The largest absolute Gasteiger partial charge is 0.343 e. The Bertz CT molecular complexity index is 1120. The first kappa shape index (κ1) is 21.1. The summed E-state index contributed by atoms with van der Waals surface area (Å²) in [6.07, 6.45) is 3.64. The number of likely N-dealkylation sites (tertiary alicyclic amines) is 1. The van der Waals surface area contributed by atoms with E-state index in [-0.39, 0.29) is 23.8 Å². The molecule has 1 unspecified atom stereocenters.